The van der Waals surface area contributed by atoms with E-state index in [4.69, 9.17) is 16.3 Å². The molecule has 0 bridgehead atoms. The highest BCUT2D eigenvalue weighted by Gasteiger charge is 2.32. The van der Waals surface area contributed by atoms with Crippen LogP contribution in [-0.4, -0.2) is 31.0 Å². The van der Waals surface area contributed by atoms with Gasteiger partial charge in [0.2, 0.25) is 5.91 Å². The number of hydrogen-bond acceptors (Lipinski definition) is 3. The molecule has 0 aliphatic carbocycles. The van der Waals surface area contributed by atoms with Gasteiger partial charge in [0.1, 0.15) is 11.8 Å². The lowest BCUT2D eigenvalue weighted by Crippen LogP contribution is -2.52. The second-order valence-corrected chi connectivity index (χ2v) is 7.34. The Labute approximate surface area is 164 Å². The molecule has 1 atom stereocenters. The summed E-state index contributed by atoms with van der Waals surface area (Å²) in [4.78, 5) is 27.1. The van der Waals surface area contributed by atoms with Crippen molar-refractivity contribution < 1.29 is 14.3 Å². The van der Waals surface area contributed by atoms with Gasteiger partial charge in [-0.2, -0.15) is 0 Å². The summed E-state index contributed by atoms with van der Waals surface area (Å²) in [5, 5.41) is 3.42. The lowest BCUT2D eigenvalue weighted by Gasteiger charge is -2.27. The smallest absolute Gasteiger partial charge is 0.258 e. The average molecular weight is 387 g/mol. The van der Waals surface area contributed by atoms with Crippen molar-refractivity contribution in [3.63, 3.8) is 0 Å². The van der Waals surface area contributed by atoms with Gasteiger partial charge in [-0.05, 0) is 48.2 Å². The Morgan fingerprint density at radius 2 is 1.85 bits per heavy atom. The number of nitrogens with zero attached hydrogens (tertiary/aromatic N) is 1. The van der Waals surface area contributed by atoms with Gasteiger partial charge in [0, 0.05) is 17.3 Å². The highest BCUT2D eigenvalue weighted by Crippen LogP contribution is 2.28. The summed E-state index contributed by atoms with van der Waals surface area (Å²) in [6, 6.07) is 14.1. The number of nitrogens with one attached hydrogen (secondary N) is 1. The van der Waals surface area contributed by atoms with Crippen molar-refractivity contribution in [3.05, 3.63) is 59.1 Å². The van der Waals surface area contributed by atoms with Gasteiger partial charge in [-0.3, -0.25) is 9.59 Å². The molecule has 27 heavy (non-hydrogen) atoms. The Bertz CT molecular complexity index is 820. The molecule has 2 aromatic carbocycles. The average Bonchev–Trinajstić information content (AvgIpc) is 3.09. The molecule has 1 aliphatic heterocycles. The summed E-state index contributed by atoms with van der Waals surface area (Å²) in [5.74, 6) is 0.0967. The van der Waals surface area contributed by atoms with Gasteiger partial charge in [0.05, 0.1) is 0 Å². The molecule has 1 N–H and O–H groups in total. The second kappa shape index (κ2) is 8.44. The number of benzene rings is 2. The minimum absolute atomic E-state index is 0.0373. The lowest BCUT2D eigenvalue weighted by molar-refractivity contribution is -0.129. The molecule has 0 saturated carbocycles. The Morgan fingerprint density at radius 3 is 2.56 bits per heavy atom. The first-order valence-electron chi connectivity index (χ1n) is 9.02. The van der Waals surface area contributed by atoms with Crippen LogP contribution in [0.3, 0.4) is 0 Å². The quantitative estimate of drug-likeness (QED) is 0.827. The van der Waals surface area contributed by atoms with Crippen molar-refractivity contribution in [3.8, 4) is 5.75 Å². The molecule has 0 unspecified atom stereocenters. The molecule has 2 amide bonds. The van der Waals surface area contributed by atoms with E-state index in [-0.39, 0.29) is 24.3 Å². The van der Waals surface area contributed by atoms with E-state index in [2.05, 4.69) is 5.32 Å². The third-order valence-corrected chi connectivity index (χ3v) is 4.84. The van der Waals surface area contributed by atoms with Gasteiger partial charge < -0.3 is 15.0 Å². The lowest BCUT2D eigenvalue weighted by atomic mass is 10.0. The van der Waals surface area contributed by atoms with E-state index in [0.29, 0.717) is 17.3 Å². The number of anilines is 1. The molecule has 0 aromatic heterocycles. The van der Waals surface area contributed by atoms with Crippen molar-refractivity contribution >= 4 is 29.1 Å². The second-order valence-electron chi connectivity index (χ2n) is 6.90. The van der Waals surface area contributed by atoms with Crippen LogP contribution >= 0.6 is 11.6 Å². The molecule has 142 valence electrons. The SMILES string of the molecule is CC(C)[C@@H](NC(=O)COc1ccc(Cl)cc1)C(=O)N1CCc2ccccc21. The number of ether oxygens (including phenoxy) is 1. The molecule has 1 aliphatic rings. The van der Waals surface area contributed by atoms with E-state index in [1.54, 1.807) is 29.2 Å². The number of hydrogen-bond donors (Lipinski definition) is 1. The number of carbonyl (C=O) groups is 2. The van der Waals surface area contributed by atoms with Crippen molar-refractivity contribution in [2.45, 2.75) is 26.3 Å². The molecule has 3 rings (SSSR count). The molecule has 0 fully saturated rings. The topological polar surface area (TPSA) is 58.6 Å². The summed E-state index contributed by atoms with van der Waals surface area (Å²) < 4.78 is 5.47. The third-order valence-electron chi connectivity index (χ3n) is 4.59. The normalized spacial score (nSPS) is 14.0. The summed E-state index contributed by atoms with van der Waals surface area (Å²) in [5.41, 5.74) is 2.09. The van der Waals surface area contributed by atoms with Crippen molar-refractivity contribution in [1.82, 2.24) is 5.32 Å². The van der Waals surface area contributed by atoms with Crippen LogP contribution < -0.4 is 15.0 Å². The van der Waals surface area contributed by atoms with E-state index in [1.807, 2.05) is 38.1 Å². The van der Waals surface area contributed by atoms with E-state index in [9.17, 15) is 9.59 Å². The Balaban J connectivity index is 1.62. The number of amides is 2. The predicted molar refractivity (Wildman–Crippen MR) is 106 cm³/mol. The first-order valence-corrected chi connectivity index (χ1v) is 9.40. The maximum absolute atomic E-state index is 13.1. The molecule has 0 spiro atoms. The van der Waals surface area contributed by atoms with Gasteiger partial charge in [0.15, 0.2) is 6.61 Å². The van der Waals surface area contributed by atoms with Crippen molar-refractivity contribution in [2.24, 2.45) is 5.92 Å². The Morgan fingerprint density at radius 1 is 1.15 bits per heavy atom. The van der Waals surface area contributed by atoms with Crippen LogP contribution in [0.25, 0.3) is 0 Å². The van der Waals surface area contributed by atoms with Crippen molar-refractivity contribution in [1.29, 1.82) is 0 Å². The van der Waals surface area contributed by atoms with Crippen LogP contribution in [0.4, 0.5) is 5.69 Å². The third kappa shape index (κ3) is 4.61. The van der Waals surface area contributed by atoms with Gasteiger partial charge in [0.25, 0.3) is 5.91 Å². The predicted octanol–water partition coefficient (Wildman–Crippen LogP) is 3.45. The molecule has 5 nitrogen and oxygen atoms in total. The maximum atomic E-state index is 13.1. The zero-order chi connectivity index (χ0) is 19.4. The molecule has 6 heteroatoms. The molecule has 0 radical (unpaired) electrons. The molecular formula is C21H23ClN2O3. The first-order chi connectivity index (χ1) is 13.0. The van der Waals surface area contributed by atoms with Crippen LogP contribution in [0.5, 0.6) is 5.75 Å². The van der Waals surface area contributed by atoms with Gasteiger partial charge >= 0.3 is 0 Å². The minimum atomic E-state index is -0.600. The van der Waals surface area contributed by atoms with Crippen LogP contribution in [-0.2, 0) is 16.0 Å². The largest absolute Gasteiger partial charge is 0.484 e. The summed E-state index contributed by atoms with van der Waals surface area (Å²) in [6.07, 6.45) is 0.834. The Hall–Kier alpha value is -2.53. The molecular weight excluding hydrogens is 364 g/mol. The number of halogens is 1. The number of fused-ring (bicyclic) bond motifs is 1. The monoisotopic (exact) mass is 386 g/mol. The number of rotatable bonds is 6. The van der Waals surface area contributed by atoms with Gasteiger partial charge in [-0.15, -0.1) is 0 Å². The van der Waals surface area contributed by atoms with E-state index in [1.165, 1.54) is 0 Å². The van der Waals surface area contributed by atoms with E-state index < -0.39 is 6.04 Å². The molecule has 2 aromatic rings. The minimum Gasteiger partial charge on any atom is -0.484 e. The fourth-order valence-electron chi connectivity index (χ4n) is 3.14. The Kier molecular flexibility index (Phi) is 6.01. The highest BCUT2D eigenvalue weighted by molar-refractivity contribution is 6.30. The maximum Gasteiger partial charge on any atom is 0.258 e. The van der Waals surface area contributed by atoms with Gasteiger partial charge in [-0.1, -0.05) is 43.6 Å². The van der Waals surface area contributed by atoms with E-state index >= 15 is 0 Å². The number of para-hydroxylation sites is 1. The fraction of sp³-hybridized carbons (Fsp3) is 0.333. The van der Waals surface area contributed by atoms with Crippen molar-refractivity contribution in [2.75, 3.05) is 18.1 Å². The van der Waals surface area contributed by atoms with Crippen LogP contribution in [0, 0.1) is 5.92 Å². The summed E-state index contributed by atoms with van der Waals surface area (Å²) >= 11 is 5.83. The fourth-order valence-corrected chi connectivity index (χ4v) is 3.27. The summed E-state index contributed by atoms with van der Waals surface area (Å²) in [6.45, 7) is 4.32. The van der Waals surface area contributed by atoms with Crippen LogP contribution in [0.2, 0.25) is 5.02 Å². The summed E-state index contributed by atoms with van der Waals surface area (Å²) in [7, 11) is 0. The zero-order valence-electron chi connectivity index (χ0n) is 15.4. The highest BCUT2D eigenvalue weighted by atomic mass is 35.5. The van der Waals surface area contributed by atoms with Crippen LogP contribution in [0.1, 0.15) is 19.4 Å². The molecule has 0 saturated heterocycles. The first kappa shape index (κ1) is 19.2. The number of carbonyl (C=O) groups excluding carboxylic acids is 2. The van der Waals surface area contributed by atoms with Crippen LogP contribution in [0.15, 0.2) is 48.5 Å². The van der Waals surface area contributed by atoms with E-state index in [0.717, 1.165) is 17.7 Å². The van der Waals surface area contributed by atoms with Gasteiger partial charge in [-0.25, -0.2) is 0 Å². The standard InChI is InChI=1S/C21H23ClN2O3/c1-14(2)20(21(26)24-12-11-15-5-3-4-6-18(15)24)23-19(25)13-27-17-9-7-16(22)8-10-17/h3-10,14,20H,11-13H2,1-2H3,(H,23,25)/t20-/m1/s1. The zero-order valence-corrected chi connectivity index (χ0v) is 16.2. The molecule has 1 heterocycles.